The van der Waals surface area contributed by atoms with Crippen LogP contribution in [0.15, 0.2) is 37.5 Å². The molecular formula is C22H36O4. The lowest BCUT2D eigenvalue weighted by atomic mass is 9.67. The summed E-state index contributed by atoms with van der Waals surface area (Å²) in [5.74, 6) is -0.766. The van der Waals surface area contributed by atoms with Gasteiger partial charge in [0.15, 0.2) is 0 Å². The van der Waals surface area contributed by atoms with Gasteiger partial charge in [-0.15, -0.1) is 0 Å². The highest BCUT2D eigenvalue weighted by molar-refractivity contribution is 5.81. The molecule has 0 amide bonds. The number of allylic oxidation sites excluding steroid dienone is 2. The molecule has 0 aromatic heterocycles. The van der Waals surface area contributed by atoms with E-state index in [-0.39, 0.29) is 16.8 Å². The van der Waals surface area contributed by atoms with Crippen LogP contribution in [0, 0.1) is 10.8 Å². The molecule has 0 saturated carbocycles. The Morgan fingerprint density at radius 1 is 0.923 bits per heavy atom. The van der Waals surface area contributed by atoms with Crippen LogP contribution in [0.2, 0.25) is 0 Å². The molecule has 0 radical (unpaired) electrons. The van der Waals surface area contributed by atoms with Gasteiger partial charge in [-0.25, -0.2) is 9.59 Å². The van der Waals surface area contributed by atoms with Gasteiger partial charge in [0, 0.05) is 17.6 Å². The fourth-order valence-electron chi connectivity index (χ4n) is 2.84. The van der Waals surface area contributed by atoms with Gasteiger partial charge in [-0.1, -0.05) is 53.0 Å². The van der Waals surface area contributed by atoms with Crippen molar-refractivity contribution in [1.29, 1.82) is 0 Å². The van der Waals surface area contributed by atoms with Gasteiger partial charge in [0.05, 0.1) is 6.61 Å². The van der Waals surface area contributed by atoms with E-state index in [0.717, 1.165) is 25.7 Å². The molecule has 0 atom stereocenters. The third-order valence-electron chi connectivity index (χ3n) is 4.79. The van der Waals surface area contributed by atoms with Crippen LogP contribution in [0.25, 0.3) is 0 Å². The number of ether oxygens (including phenoxy) is 2. The third kappa shape index (κ3) is 9.02. The van der Waals surface area contributed by atoms with Gasteiger partial charge in [0.25, 0.3) is 0 Å². The number of carbonyl (C=O) groups excluding carboxylic acids is 2. The Kier molecular flexibility index (Phi) is 9.61. The normalized spacial score (nSPS) is 12.7. The summed E-state index contributed by atoms with van der Waals surface area (Å²) in [5.41, 5.74) is -0.840. The van der Waals surface area contributed by atoms with Crippen LogP contribution in [-0.2, 0) is 19.1 Å². The maximum Gasteiger partial charge on any atom is 0.330 e. The van der Waals surface area contributed by atoms with Crippen molar-refractivity contribution in [3.8, 4) is 0 Å². The van der Waals surface area contributed by atoms with Gasteiger partial charge in [-0.3, -0.25) is 0 Å². The molecule has 0 aromatic carbocycles. The summed E-state index contributed by atoms with van der Waals surface area (Å²) in [5, 5.41) is 0. The van der Waals surface area contributed by atoms with Crippen LogP contribution in [0.4, 0.5) is 0 Å². The Labute approximate surface area is 159 Å². The van der Waals surface area contributed by atoms with E-state index in [1.165, 1.54) is 12.2 Å². The van der Waals surface area contributed by atoms with Crippen molar-refractivity contribution in [2.75, 3.05) is 6.61 Å². The first-order valence-electron chi connectivity index (χ1n) is 9.19. The molecule has 0 aliphatic heterocycles. The number of rotatable bonds is 12. The molecular weight excluding hydrogens is 328 g/mol. The highest BCUT2D eigenvalue weighted by Crippen LogP contribution is 2.44. The lowest BCUT2D eigenvalue weighted by Gasteiger charge is -2.44. The van der Waals surface area contributed by atoms with Crippen molar-refractivity contribution in [3.63, 3.8) is 0 Å². The van der Waals surface area contributed by atoms with E-state index in [2.05, 4.69) is 53.0 Å². The monoisotopic (exact) mass is 364 g/mol. The van der Waals surface area contributed by atoms with E-state index in [4.69, 9.17) is 9.47 Å². The Balaban J connectivity index is 4.52. The molecule has 0 bridgehead atoms. The first-order valence-corrected chi connectivity index (χ1v) is 9.19. The maximum absolute atomic E-state index is 11.6. The smallest absolute Gasteiger partial charge is 0.330 e. The van der Waals surface area contributed by atoms with Crippen molar-refractivity contribution >= 4 is 11.9 Å². The van der Waals surface area contributed by atoms with Crippen molar-refractivity contribution in [1.82, 2.24) is 0 Å². The zero-order valence-electron chi connectivity index (χ0n) is 17.4. The minimum atomic E-state index is -0.599. The predicted octanol–water partition coefficient (Wildman–Crippen LogP) is 5.39. The summed E-state index contributed by atoms with van der Waals surface area (Å²) in [6, 6.07) is 0. The molecule has 0 saturated heterocycles. The van der Waals surface area contributed by atoms with Crippen LogP contribution in [-0.4, -0.2) is 24.1 Å². The summed E-state index contributed by atoms with van der Waals surface area (Å²) in [6.45, 7) is 19.8. The van der Waals surface area contributed by atoms with Crippen LogP contribution < -0.4 is 0 Å². The molecule has 0 fully saturated rings. The molecule has 4 heteroatoms. The van der Waals surface area contributed by atoms with Crippen molar-refractivity contribution in [2.45, 2.75) is 72.8 Å². The Morgan fingerprint density at radius 3 is 2.04 bits per heavy atom. The van der Waals surface area contributed by atoms with E-state index < -0.39 is 11.6 Å². The fourth-order valence-corrected chi connectivity index (χ4v) is 2.84. The lowest BCUT2D eigenvalue weighted by molar-refractivity contribution is -0.164. The van der Waals surface area contributed by atoms with Gasteiger partial charge < -0.3 is 9.47 Å². The Hall–Kier alpha value is -1.84. The number of unbranched alkanes of at least 4 members (excludes halogenated alkanes) is 2. The molecule has 0 aromatic rings. The van der Waals surface area contributed by atoms with Crippen molar-refractivity contribution in [2.24, 2.45) is 10.8 Å². The molecule has 148 valence electrons. The third-order valence-corrected chi connectivity index (χ3v) is 4.79. The van der Waals surface area contributed by atoms with Gasteiger partial charge >= 0.3 is 11.9 Å². The van der Waals surface area contributed by atoms with Gasteiger partial charge in [0.2, 0.25) is 0 Å². The first kappa shape index (κ1) is 24.2. The Bertz CT molecular complexity index is 524. The second-order valence-corrected chi connectivity index (χ2v) is 8.45. The van der Waals surface area contributed by atoms with Crippen molar-refractivity contribution in [3.05, 3.63) is 37.5 Å². The standard InChI is InChI=1S/C22H36O4/c1-9-18(23)25-16-14-12-11-13-15-20(3,4)17-21(5,6)22(7,8)26-19(24)10-2/h9-10,13,15H,1-2,11-12,14,16-17H2,3-8H3/b15-13+. The summed E-state index contributed by atoms with van der Waals surface area (Å²) in [7, 11) is 0. The summed E-state index contributed by atoms with van der Waals surface area (Å²) >= 11 is 0. The highest BCUT2D eigenvalue weighted by Gasteiger charge is 2.42. The number of esters is 2. The van der Waals surface area contributed by atoms with Crippen LogP contribution in [0.5, 0.6) is 0 Å². The van der Waals surface area contributed by atoms with E-state index in [9.17, 15) is 9.59 Å². The van der Waals surface area contributed by atoms with Crippen LogP contribution in [0.1, 0.15) is 67.2 Å². The molecule has 26 heavy (non-hydrogen) atoms. The maximum atomic E-state index is 11.6. The molecule has 0 aliphatic carbocycles. The molecule has 0 heterocycles. The Morgan fingerprint density at radius 2 is 1.50 bits per heavy atom. The quantitative estimate of drug-likeness (QED) is 0.202. The molecule has 0 aliphatic rings. The average molecular weight is 365 g/mol. The van der Waals surface area contributed by atoms with E-state index in [0.29, 0.717) is 6.61 Å². The van der Waals surface area contributed by atoms with Crippen LogP contribution >= 0.6 is 0 Å². The molecule has 0 unspecified atom stereocenters. The fraction of sp³-hybridized carbons (Fsp3) is 0.636. The predicted molar refractivity (Wildman–Crippen MR) is 107 cm³/mol. The summed E-state index contributed by atoms with van der Waals surface area (Å²) in [4.78, 5) is 22.5. The van der Waals surface area contributed by atoms with Crippen molar-refractivity contribution < 1.29 is 19.1 Å². The zero-order valence-corrected chi connectivity index (χ0v) is 17.4. The number of carbonyl (C=O) groups is 2. The largest absolute Gasteiger partial charge is 0.463 e. The summed E-state index contributed by atoms with van der Waals surface area (Å²) in [6.07, 6.45) is 10.4. The SMILES string of the molecule is C=CC(=O)OCCCC/C=C/C(C)(C)CC(C)(C)C(C)(C)OC(=O)C=C. The van der Waals surface area contributed by atoms with Gasteiger partial charge in [-0.2, -0.15) is 0 Å². The topological polar surface area (TPSA) is 52.6 Å². The first-order chi connectivity index (χ1) is 11.9. The number of hydrogen-bond acceptors (Lipinski definition) is 4. The average Bonchev–Trinajstić information content (AvgIpc) is 2.51. The van der Waals surface area contributed by atoms with Gasteiger partial charge in [0.1, 0.15) is 5.60 Å². The van der Waals surface area contributed by atoms with E-state index in [1.54, 1.807) is 0 Å². The highest BCUT2D eigenvalue weighted by atomic mass is 16.6. The zero-order chi connectivity index (χ0) is 20.4. The molecule has 0 rings (SSSR count). The second-order valence-electron chi connectivity index (χ2n) is 8.45. The van der Waals surface area contributed by atoms with Gasteiger partial charge in [-0.05, 0) is 44.9 Å². The molecule has 0 spiro atoms. The van der Waals surface area contributed by atoms with E-state index >= 15 is 0 Å². The van der Waals surface area contributed by atoms with E-state index in [1.807, 2.05) is 13.8 Å². The number of hydrogen-bond donors (Lipinski definition) is 0. The van der Waals surface area contributed by atoms with Crippen LogP contribution in [0.3, 0.4) is 0 Å². The second kappa shape index (κ2) is 10.3. The minimum Gasteiger partial charge on any atom is -0.463 e. The molecule has 4 nitrogen and oxygen atoms in total. The summed E-state index contributed by atoms with van der Waals surface area (Å²) < 4.78 is 10.5. The minimum absolute atomic E-state index is 0.0311. The lowest BCUT2D eigenvalue weighted by Crippen LogP contribution is -2.45. The molecule has 0 N–H and O–H groups in total.